The Bertz CT molecular complexity index is 923. The lowest BCUT2D eigenvalue weighted by Crippen LogP contribution is -2.45. The molecule has 1 fully saturated rings. The average Bonchev–Trinajstić information content (AvgIpc) is 3.44. The van der Waals surface area contributed by atoms with E-state index in [1.165, 1.54) is 5.01 Å². The number of amides is 2. The van der Waals surface area contributed by atoms with Crippen LogP contribution in [0, 0.1) is 5.92 Å². The Morgan fingerprint density at radius 3 is 2.73 bits per heavy atom. The van der Waals surface area contributed by atoms with Gasteiger partial charge in [-0.2, -0.15) is 5.10 Å². The number of rotatable bonds is 6. The van der Waals surface area contributed by atoms with Crippen molar-refractivity contribution in [3.63, 3.8) is 0 Å². The fraction of sp³-hybridized carbons (Fsp3) is 0.409. The molecule has 2 aliphatic rings. The molecular weight excluding hydrogens is 384 g/mol. The van der Waals surface area contributed by atoms with E-state index < -0.39 is 0 Å². The molecule has 158 valence electrons. The third kappa shape index (κ3) is 4.23. The summed E-state index contributed by atoms with van der Waals surface area (Å²) < 4.78 is 10.8. The van der Waals surface area contributed by atoms with E-state index >= 15 is 0 Å². The minimum absolute atomic E-state index is 0.120. The zero-order valence-corrected chi connectivity index (χ0v) is 17.0. The zero-order valence-electron chi connectivity index (χ0n) is 17.0. The number of piperidine rings is 1. The van der Waals surface area contributed by atoms with Crippen LogP contribution in [0.15, 0.2) is 52.2 Å². The number of furan rings is 1. The number of nitrogens with two attached hydrogens (primary N) is 1. The molecule has 1 saturated heterocycles. The van der Waals surface area contributed by atoms with E-state index in [0.717, 1.165) is 36.4 Å². The van der Waals surface area contributed by atoms with Gasteiger partial charge in [0.05, 0.1) is 31.5 Å². The highest BCUT2D eigenvalue weighted by Crippen LogP contribution is 2.33. The minimum Gasteiger partial charge on any atom is -0.497 e. The average molecular weight is 410 g/mol. The van der Waals surface area contributed by atoms with E-state index in [0.29, 0.717) is 18.7 Å². The summed E-state index contributed by atoms with van der Waals surface area (Å²) in [5.41, 5.74) is 7.23. The van der Waals surface area contributed by atoms with Gasteiger partial charge in [0.15, 0.2) is 0 Å². The van der Waals surface area contributed by atoms with Crippen LogP contribution >= 0.6 is 0 Å². The molecule has 2 atom stereocenters. The lowest BCUT2D eigenvalue weighted by Gasteiger charge is -2.31. The molecule has 3 heterocycles. The maximum absolute atomic E-state index is 13.2. The van der Waals surface area contributed by atoms with Gasteiger partial charge in [0, 0.05) is 13.0 Å². The van der Waals surface area contributed by atoms with Crippen molar-refractivity contribution < 1.29 is 18.7 Å². The van der Waals surface area contributed by atoms with E-state index in [2.05, 4.69) is 5.10 Å². The summed E-state index contributed by atoms with van der Waals surface area (Å²) in [4.78, 5) is 26.7. The Morgan fingerprint density at radius 1 is 1.27 bits per heavy atom. The second-order valence-corrected chi connectivity index (χ2v) is 7.73. The van der Waals surface area contributed by atoms with Crippen LogP contribution in [0.2, 0.25) is 0 Å². The van der Waals surface area contributed by atoms with Crippen molar-refractivity contribution in [2.75, 3.05) is 26.7 Å². The van der Waals surface area contributed by atoms with Gasteiger partial charge in [0.25, 0.3) is 5.91 Å². The number of hydrogen-bond donors (Lipinski definition) is 1. The number of hydrazone groups is 1. The Morgan fingerprint density at radius 2 is 2.07 bits per heavy atom. The third-order valence-corrected chi connectivity index (χ3v) is 5.73. The van der Waals surface area contributed by atoms with Gasteiger partial charge in [-0.3, -0.25) is 14.5 Å². The maximum atomic E-state index is 13.2. The van der Waals surface area contributed by atoms with Gasteiger partial charge < -0.3 is 14.9 Å². The molecule has 0 aliphatic carbocycles. The van der Waals surface area contributed by atoms with Gasteiger partial charge in [-0.15, -0.1) is 0 Å². The number of carbonyl (C=O) groups excluding carboxylic acids is 2. The van der Waals surface area contributed by atoms with Crippen LogP contribution in [0.5, 0.6) is 5.75 Å². The topological polar surface area (TPSA) is 101 Å². The standard InChI is InChI=1S/C22H26N4O4/c1-29-17-8-6-15(7-9-17)18-12-19(20-5-3-11-30-20)26(24-18)21(27)14-25-10-2-4-16(13-25)22(23)28/h3,5-9,11,16,19H,2,4,10,12-14H2,1H3,(H2,23,28)/t16-,19+/m0/s1. The molecule has 8 nitrogen and oxygen atoms in total. The van der Waals surface area contributed by atoms with E-state index in [1.807, 2.05) is 41.3 Å². The number of nitrogens with zero attached hydrogens (tertiary/aromatic N) is 3. The van der Waals surface area contributed by atoms with E-state index in [4.69, 9.17) is 14.9 Å². The highest BCUT2D eigenvalue weighted by atomic mass is 16.5. The molecule has 8 heteroatoms. The second-order valence-electron chi connectivity index (χ2n) is 7.73. The number of benzene rings is 1. The minimum atomic E-state index is -0.304. The normalized spacial score (nSPS) is 22.0. The summed E-state index contributed by atoms with van der Waals surface area (Å²) in [6.07, 6.45) is 3.79. The molecule has 0 saturated carbocycles. The highest BCUT2D eigenvalue weighted by molar-refractivity contribution is 6.03. The molecule has 0 unspecified atom stereocenters. The van der Waals surface area contributed by atoms with E-state index in [-0.39, 0.29) is 30.3 Å². The van der Waals surface area contributed by atoms with Gasteiger partial charge in [0.2, 0.25) is 5.91 Å². The number of hydrogen-bond acceptors (Lipinski definition) is 6. The fourth-order valence-corrected chi connectivity index (χ4v) is 4.10. The van der Waals surface area contributed by atoms with E-state index in [1.54, 1.807) is 13.4 Å². The first-order chi connectivity index (χ1) is 14.5. The van der Waals surface area contributed by atoms with Crippen LogP contribution in [-0.4, -0.2) is 54.2 Å². The van der Waals surface area contributed by atoms with Crippen molar-refractivity contribution in [1.29, 1.82) is 0 Å². The Labute approximate surface area is 175 Å². The van der Waals surface area contributed by atoms with Crippen molar-refractivity contribution in [2.24, 2.45) is 16.8 Å². The summed E-state index contributed by atoms with van der Waals surface area (Å²) in [5.74, 6) is 0.835. The van der Waals surface area contributed by atoms with Crippen LogP contribution < -0.4 is 10.5 Å². The molecule has 2 aromatic rings. The largest absolute Gasteiger partial charge is 0.497 e. The summed E-state index contributed by atoms with van der Waals surface area (Å²) in [6, 6.07) is 11.0. The van der Waals surface area contributed by atoms with Crippen LogP contribution in [0.3, 0.4) is 0 Å². The Balaban J connectivity index is 1.53. The molecule has 2 N–H and O–H groups in total. The number of methoxy groups -OCH3 is 1. The van der Waals surface area contributed by atoms with Crippen molar-refractivity contribution in [1.82, 2.24) is 9.91 Å². The van der Waals surface area contributed by atoms with Crippen molar-refractivity contribution in [3.05, 3.63) is 54.0 Å². The number of carbonyl (C=O) groups is 2. The molecule has 2 amide bonds. The number of primary amides is 1. The van der Waals surface area contributed by atoms with Gasteiger partial charge >= 0.3 is 0 Å². The van der Waals surface area contributed by atoms with Crippen LogP contribution in [0.25, 0.3) is 0 Å². The fourth-order valence-electron chi connectivity index (χ4n) is 4.10. The molecule has 0 spiro atoms. The van der Waals surface area contributed by atoms with Gasteiger partial charge in [-0.25, -0.2) is 5.01 Å². The molecular formula is C22H26N4O4. The van der Waals surface area contributed by atoms with Crippen LogP contribution in [-0.2, 0) is 9.59 Å². The van der Waals surface area contributed by atoms with E-state index in [9.17, 15) is 9.59 Å². The van der Waals surface area contributed by atoms with Crippen molar-refractivity contribution in [3.8, 4) is 5.75 Å². The molecule has 4 rings (SSSR count). The highest BCUT2D eigenvalue weighted by Gasteiger charge is 2.36. The lowest BCUT2D eigenvalue weighted by atomic mass is 9.97. The first-order valence-corrected chi connectivity index (χ1v) is 10.1. The first kappa shape index (κ1) is 20.2. The van der Waals surface area contributed by atoms with Crippen molar-refractivity contribution in [2.45, 2.75) is 25.3 Å². The molecule has 0 radical (unpaired) electrons. The Kier molecular flexibility index (Phi) is 5.85. The second kappa shape index (κ2) is 8.71. The Hall–Kier alpha value is -3.13. The molecule has 1 aromatic carbocycles. The monoisotopic (exact) mass is 410 g/mol. The summed E-state index contributed by atoms with van der Waals surface area (Å²) in [5, 5.41) is 6.17. The smallest absolute Gasteiger partial charge is 0.257 e. The molecule has 1 aromatic heterocycles. The summed E-state index contributed by atoms with van der Waals surface area (Å²) in [6.45, 7) is 1.47. The molecule has 2 aliphatic heterocycles. The molecule has 30 heavy (non-hydrogen) atoms. The maximum Gasteiger partial charge on any atom is 0.257 e. The number of likely N-dealkylation sites (tertiary alicyclic amines) is 1. The SMILES string of the molecule is COc1ccc(C2=NN(C(=O)CN3CCC[C@H](C(N)=O)C3)[C@@H](c3ccco3)C2)cc1. The van der Waals surface area contributed by atoms with Crippen LogP contribution in [0.4, 0.5) is 0 Å². The van der Waals surface area contributed by atoms with Gasteiger partial charge in [0.1, 0.15) is 17.6 Å². The number of ether oxygens (including phenoxy) is 1. The summed E-state index contributed by atoms with van der Waals surface area (Å²) in [7, 11) is 1.62. The van der Waals surface area contributed by atoms with Gasteiger partial charge in [-0.1, -0.05) is 0 Å². The zero-order chi connectivity index (χ0) is 21.1. The predicted molar refractivity (Wildman–Crippen MR) is 111 cm³/mol. The first-order valence-electron chi connectivity index (χ1n) is 10.1. The van der Waals surface area contributed by atoms with Gasteiger partial charge in [-0.05, 0) is 61.3 Å². The van der Waals surface area contributed by atoms with Crippen molar-refractivity contribution >= 4 is 17.5 Å². The molecule has 0 bridgehead atoms. The lowest BCUT2D eigenvalue weighted by molar-refractivity contribution is -0.136. The van der Waals surface area contributed by atoms with Crippen LogP contribution in [0.1, 0.15) is 36.6 Å². The predicted octanol–water partition coefficient (Wildman–Crippen LogP) is 2.16. The third-order valence-electron chi connectivity index (χ3n) is 5.73. The quantitative estimate of drug-likeness (QED) is 0.786. The summed E-state index contributed by atoms with van der Waals surface area (Å²) >= 11 is 0.